The van der Waals surface area contributed by atoms with E-state index in [9.17, 15) is 4.79 Å². The summed E-state index contributed by atoms with van der Waals surface area (Å²) < 4.78 is 2.13. The van der Waals surface area contributed by atoms with E-state index in [1.165, 1.54) is 0 Å². The van der Waals surface area contributed by atoms with E-state index in [0.717, 1.165) is 49.6 Å². The second-order valence-corrected chi connectivity index (χ2v) is 8.12. The molecule has 1 aromatic heterocycles. The number of benzene rings is 1. The van der Waals surface area contributed by atoms with Crippen LogP contribution in [0.4, 0.5) is 0 Å². The summed E-state index contributed by atoms with van der Waals surface area (Å²) in [6.45, 7) is 11.6. The van der Waals surface area contributed by atoms with Crippen molar-refractivity contribution in [2.24, 2.45) is 5.41 Å². The molecule has 3 nitrogen and oxygen atoms in total. The molecule has 0 bridgehead atoms. The van der Waals surface area contributed by atoms with Gasteiger partial charge in [0.2, 0.25) is 0 Å². The van der Waals surface area contributed by atoms with Crippen molar-refractivity contribution in [3.8, 4) is 0 Å². The largest absolute Gasteiger partial charge is 0.351 e. The predicted octanol–water partition coefficient (Wildman–Crippen LogP) is 6.60. The van der Waals surface area contributed by atoms with E-state index in [4.69, 9.17) is 11.6 Å². The Morgan fingerprint density at radius 3 is 2.38 bits per heavy atom. The van der Waals surface area contributed by atoms with Gasteiger partial charge in [-0.3, -0.25) is 4.79 Å². The number of hydrogen-bond acceptors (Lipinski definition) is 1. The SMILES string of the molecule is CCCC(CC)(CCC)CNC(=O)c1cn(C(C)C)c2cccc(Cl)c12. The molecule has 4 heteroatoms. The first-order valence-corrected chi connectivity index (χ1v) is 10.3. The zero-order chi connectivity index (χ0) is 19.3. The van der Waals surface area contributed by atoms with E-state index >= 15 is 0 Å². The zero-order valence-electron chi connectivity index (χ0n) is 16.9. The first-order chi connectivity index (χ1) is 12.4. The zero-order valence-corrected chi connectivity index (χ0v) is 17.6. The van der Waals surface area contributed by atoms with Crippen LogP contribution in [0.5, 0.6) is 0 Å². The second kappa shape index (κ2) is 8.94. The van der Waals surface area contributed by atoms with Crippen molar-refractivity contribution in [3.05, 3.63) is 35.0 Å². The van der Waals surface area contributed by atoms with E-state index in [2.05, 4.69) is 44.5 Å². The summed E-state index contributed by atoms with van der Waals surface area (Å²) in [7, 11) is 0. The van der Waals surface area contributed by atoms with Crippen molar-refractivity contribution in [1.82, 2.24) is 9.88 Å². The molecule has 0 aliphatic rings. The highest BCUT2D eigenvalue weighted by Crippen LogP contribution is 2.34. The summed E-state index contributed by atoms with van der Waals surface area (Å²) in [5.41, 5.74) is 1.89. The van der Waals surface area contributed by atoms with Crippen LogP contribution in [-0.4, -0.2) is 17.0 Å². The van der Waals surface area contributed by atoms with E-state index in [1.54, 1.807) is 0 Å². The van der Waals surface area contributed by atoms with Crippen molar-refractivity contribution in [2.45, 2.75) is 72.8 Å². The summed E-state index contributed by atoms with van der Waals surface area (Å²) in [6.07, 6.45) is 7.61. The van der Waals surface area contributed by atoms with Gasteiger partial charge in [0.25, 0.3) is 5.91 Å². The molecule has 1 amide bonds. The molecule has 0 aliphatic heterocycles. The first kappa shape index (κ1) is 20.8. The number of fused-ring (bicyclic) bond motifs is 1. The lowest BCUT2D eigenvalue weighted by Crippen LogP contribution is -2.37. The fourth-order valence-corrected chi connectivity index (χ4v) is 4.34. The van der Waals surface area contributed by atoms with Gasteiger partial charge in [0.1, 0.15) is 0 Å². The van der Waals surface area contributed by atoms with Crippen molar-refractivity contribution < 1.29 is 4.79 Å². The van der Waals surface area contributed by atoms with Gasteiger partial charge in [-0.15, -0.1) is 0 Å². The maximum atomic E-state index is 13.0. The van der Waals surface area contributed by atoms with Gasteiger partial charge >= 0.3 is 0 Å². The maximum absolute atomic E-state index is 13.0. The minimum absolute atomic E-state index is 0.0208. The van der Waals surface area contributed by atoms with Crippen LogP contribution in [0, 0.1) is 5.41 Å². The molecule has 0 atom stereocenters. The topological polar surface area (TPSA) is 34.0 Å². The molecule has 0 saturated heterocycles. The van der Waals surface area contributed by atoms with Gasteiger partial charge in [0.15, 0.2) is 0 Å². The van der Waals surface area contributed by atoms with Crippen LogP contribution in [0.1, 0.15) is 83.1 Å². The summed E-state index contributed by atoms with van der Waals surface area (Å²) in [5, 5.41) is 4.71. The highest BCUT2D eigenvalue weighted by Gasteiger charge is 2.28. The lowest BCUT2D eigenvalue weighted by Gasteiger charge is -2.32. The molecule has 0 unspecified atom stereocenters. The Morgan fingerprint density at radius 1 is 1.19 bits per heavy atom. The molecule has 0 saturated carbocycles. The van der Waals surface area contributed by atoms with Crippen LogP contribution in [0.2, 0.25) is 5.02 Å². The number of carbonyl (C=O) groups is 1. The molecule has 1 aromatic carbocycles. The maximum Gasteiger partial charge on any atom is 0.253 e. The lowest BCUT2D eigenvalue weighted by atomic mass is 9.77. The Balaban J connectivity index is 2.32. The average molecular weight is 377 g/mol. The summed E-state index contributed by atoms with van der Waals surface area (Å²) >= 11 is 6.45. The smallest absolute Gasteiger partial charge is 0.253 e. The fourth-order valence-electron chi connectivity index (χ4n) is 4.07. The van der Waals surface area contributed by atoms with E-state index < -0.39 is 0 Å². The molecule has 1 N–H and O–H groups in total. The standard InChI is InChI=1S/C22H33ClN2O/c1-6-12-22(8-3,13-7-2)15-24-21(26)17-14-25(16(4)5)19-11-9-10-18(23)20(17)19/h9-11,14,16H,6-8,12-13,15H2,1-5H3,(H,24,26). The minimum Gasteiger partial charge on any atom is -0.351 e. The highest BCUT2D eigenvalue weighted by atomic mass is 35.5. The Kier molecular flexibility index (Phi) is 7.16. The van der Waals surface area contributed by atoms with Crippen LogP contribution in [-0.2, 0) is 0 Å². The predicted molar refractivity (Wildman–Crippen MR) is 112 cm³/mol. The molecule has 0 fully saturated rings. The van der Waals surface area contributed by atoms with Crippen LogP contribution in [0.15, 0.2) is 24.4 Å². The number of hydrogen-bond donors (Lipinski definition) is 1. The normalized spacial score (nSPS) is 12.1. The Bertz CT molecular complexity index is 742. The summed E-state index contributed by atoms with van der Waals surface area (Å²) in [4.78, 5) is 13.0. The number of nitrogens with zero attached hydrogens (tertiary/aromatic N) is 1. The van der Waals surface area contributed by atoms with Gasteiger partial charge in [-0.1, -0.05) is 51.3 Å². The fraction of sp³-hybridized carbons (Fsp3) is 0.591. The average Bonchev–Trinajstić information content (AvgIpc) is 3.01. The third-order valence-electron chi connectivity index (χ3n) is 5.54. The Morgan fingerprint density at radius 2 is 1.85 bits per heavy atom. The molecule has 26 heavy (non-hydrogen) atoms. The minimum atomic E-state index is -0.0208. The number of nitrogens with one attached hydrogen (secondary N) is 1. The number of rotatable bonds is 9. The first-order valence-electron chi connectivity index (χ1n) is 9.96. The number of halogens is 1. The molecule has 0 spiro atoms. The molecule has 2 aromatic rings. The van der Waals surface area contributed by atoms with Gasteiger partial charge in [-0.25, -0.2) is 0 Å². The van der Waals surface area contributed by atoms with E-state index in [-0.39, 0.29) is 17.4 Å². The monoisotopic (exact) mass is 376 g/mol. The molecule has 144 valence electrons. The summed E-state index contributed by atoms with van der Waals surface area (Å²) in [5.74, 6) is -0.0208. The van der Waals surface area contributed by atoms with Gasteiger partial charge in [-0.05, 0) is 50.7 Å². The Hall–Kier alpha value is -1.48. The molecule has 0 radical (unpaired) electrons. The van der Waals surface area contributed by atoms with E-state index in [0.29, 0.717) is 10.6 Å². The summed E-state index contributed by atoms with van der Waals surface area (Å²) in [6, 6.07) is 6.10. The van der Waals surface area contributed by atoms with E-state index in [1.807, 2.05) is 24.4 Å². The van der Waals surface area contributed by atoms with Crippen molar-refractivity contribution in [2.75, 3.05) is 6.54 Å². The third-order valence-corrected chi connectivity index (χ3v) is 5.86. The lowest BCUT2D eigenvalue weighted by molar-refractivity contribution is 0.0919. The van der Waals surface area contributed by atoms with Crippen LogP contribution < -0.4 is 5.32 Å². The molecule has 1 heterocycles. The van der Waals surface area contributed by atoms with Crippen molar-refractivity contribution >= 4 is 28.4 Å². The third kappa shape index (κ3) is 4.25. The molecule has 2 rings (SSSR count). The molecular formula is C22H33ClN2O. The number of aromatic nitrogens is 1. The highest BCUT2D eigenvalue weighted by molar-refractivity contribution is 6.36. The van der Waals surface area contributed by atoms with Gasteiger partial charge in [-0.2, -0.15) is 0 Å². The van der Waals surface area contributed by atoms with Crippen molar-refractivity contribution in [1.29, 1.82) is 0 Å². The van der Waals surface area contributed by atoms with Gasteiger partial charge in [0.05, 0.1) is 16.1 Å². The van der Waals surface area contributed by atoms with Gasteiger partial charge < -0.3 is 9.88 Å². The number of carbonyl (C=O) groups excluding carboxylic acids is 1. The van der Waals surface area contributed by atoms with Crippen LogP contribution >= 0.6 is 11.6 Å². The van der Waals surface area contributed by atoms with Crippen LogP contribution in [0.3, 0.4) is 0 Å². The molecular weight excluding hydrogens is 344 g/mol. The Labute approximate surface area is 163 Å². The van der Waals surface area contributed by atoms with Crippen LogP contribution in [0.25, 0.3) is 10.9 Å². The van der Waals surface area contributed by atoms with Gasteiger partial charge in [0, 0.05) is 24.2 Å². The number of amides is 1. The molecule has 0 aliphatic carbocycles. The quantitative estimate of drug-likeness (QED) is 0.525. The van der Waals surface area contributed by atoms with Crippen molar-refractivity contribution in [3.63, 3.8) is 0 Å². The second-order valence-electron chi connectivity index (χ2n) is 7.71.